The Hall–Kier alpha value is -1.26. The lowest BCUT2D eigenvalue weighted by atomic mass is 9.82. The van der Waals surface area contributed by atoms with Crippen molar-refractivity contribution < 1.29 is 8.78 Å². The topological polar surface area (TPSA) is 26.0 Å². The molecule has 0 aliphatic carbocycles. The lowest BCUT2D eigenvalue weighted by Crippen LogP contribution is -2.38. The molecule has 2 aromatic rings. The van der Waals surface area contributed by atoms with E-state index in [0.29, 0.717) is 17.3 Å². The second-order valence-corrected chi connectivity index (χ2v) is 5.89. The molecular weight excluding hydrogens is 324 g/mol. The maximum Gasteiger partial charge on any atom is 0.124 e. The molecule has 2 N–H and O–H groups in total. The van der Waals surface area contributed by atoms with Gasteiger partial charge >= 0.3 is 0 Å². The first kappa shape index (κ1) is 15.1. The van der Waals surface area contributed by atoms with Crippen LogP contribution in [0, 0.1) is 11.6 Å². The van der Waals surface area contributed by atoms with Crippen LogP contribution >= 0.6 is 15.9 Å². The van der Waals surface area contributed by atoms with E-state index in [0.717, 1.165) is 11.1 Å². The highest BCUT2D eigenvalue weighted by Crippen LogP contribution is 2.28. The van der Waals surface area contributed by atoms with Crippen LogP contribution in [0.25, 0.3) is 0 Å². The summed E-state index contributed by atoms with van der Waals surface area (Å²) >= 11 is 3.27. The van der Waals surface area contributed by atoms with Crippen molar-refractivity contribution in [3.05, 3.63) is 69.7 Å². The largest absolute Gasteiger partial charge is 0.321 e. The highest BCUT2D eigenvalue weighted by Gasteiger charge is 2.26. The predicted octanol–water partition coefficient (Wildman–Crippen LogP) is 4.53. The van der Waals surface area contributed by atoms with E-state index >= 15 is 0 Å². The van der Waals surface area contributed by atoms with Gasteiger partial charge in [0.05, 0.1) is 0 Å². The molecule has 106 valence electrons. The molecule has 1 unspecified atom stereocenters. The van der Waals surface area contributed by atoms with Gasteiger partial charge in [0, 0.05) is 10.0 Å². The molecular formula is C16H16BrF2N. The Kier molecular flexibility index (Phi) is 4.55. The van der Waals surface area contributed by atoms with Crippen LogP contribution < -0.4 is 5.73 Å². The Morgan fingerprint density at radius 3 is 2.45 bits per heavy atom. The van der Waals surface area contributed by atoms with Gasteiger partial charge in [-0.15, -0.1) is 0 Å². The SMILES string of the molecule is CCC(N)(Cc1cc(F)cc(Br)c1)c1cccc(F)c1. The van der Waals surface area contributed by atoms with Gasteiger partial charge in [0.25, 0.3) is 0 Å². The van der Waals surface area contributed by atoms with Gasteiger partial charge in [0.2, 0.25) is 0 Å². The van der Waals surface area contributed by atoms with E-state index in [2.05, 4.69) is 15.9 Å². The van der Waals surface area contributed by atoms with Gasteiger partial charge in [-0.1, -0.05) is 35.0 Å². The summed E-state index contributed by atoms with van der Waals surface area (Å²) in [6.45, 7) is 1.94. The van der Waals surface area contributed by atoms with Crippen molar-refractivity contribution in [2.24, 2.45) is 5.73 Å². The number of halogens is 3. The molecule has 0 radical (unpaired) electrons. The third-order valence-electron chi connectivity index (χ3n) is 3.47. The highest BCUT2D eigenvalue weighted by molar-refractivity contribution is 9.10. The molecule has 1 atom stereocenters. The number of hydrogen-bond acceptors (Lipinski definition) is 1. The summed E-state index contributed by atoms with van der Waals surface area (Å²) in [6.07, 6.45) is 1.08. The average Bonchev–Trinajstić information content (AvgIpc) is 2.37. The second kappa shape index (κ2) is 6.02. The second-order valence-electron chi connectivity index (χ2n) is 4.97. The first-order valence-electron chi connectivity index (χ1n) is 6.43. The third-order valence-corrected chi connectivity index (χ3v) is 3.93. The van der Waals surface area contributed by atoms with Crippen LogP contribution in [0.15, 0.2) is 46.9 Å². The molecule has 0 bridgehead atoms. The van der Waals surface area contributed by atoms with Crippen molar-refractivity contribution >= 4 is 15.9 Å². The normalized spacial score (nSPS) is 14.1. The quantitative estimate of drug-likeness (QED) is 0.869. The van der Waals surface area contributed by atoms with Crippen LogP contribution in [-0.4, -0.2) is 0 Å². The van der Waals surface area contributed by atoms with Crippen LogP contribution in [-0.2, 0) is 12.0 Å². The van der Waals surface area contributed by atoms with E-state index in [1.807, 2.05) is 13.0 Å². The summed E-state index contributed by atoms with van der Waals surface area (Å²) in [7, 11) is 0. The Morgan fingerprint density at radius 2 is 1.85 bits per heavy atom. The molecule has 0 saturated heterocycles. The summed E-state index contributed by atoms with van der Waals surface area (Å²) in [6, 6.07) is 11.0. The van der Waals surface area contributed by atoms with E-state index in [9.17, 15) is 8.78 Å². The molecule has 20 heavy (non-hydrogen) atoms. The molecule has 0 fully saturated rings. The fraction of sp³-hybridized carbons (Fsp3) is 0.250. The summed E-state index contributed by atoms with van der Waals surface area (Å²) in [5, 5.41) is 0. The van der Waals surface area contributed by atoms with Crippen molar-refractivity contribution in [3.63, 3.8) is 0 Å². The lowest BCUT2D eigenvalue weighted by Gasteiger charge is -2.29. The smallest absolute Gasteiger partial charge is 0.124 e. The molecule has 4 heteroatoms. The first-order valence-corrected chi connectivity index (χ1v) is 7.22. The summed E-state index contributed by atoms with van der Waals surface area (Å²) in [5.41, 5.74) is 7.21. The molecule has 2 rings (SSSR count). The average molecular weight is 340 g/mol. The molecule has 0 aliphatic heterocycles. The zero-order valence-electron chi connectivity index (χ0n) is 11.2. The van der Waals surface area contributed by atoms with Gasteiger partial charge in [-0.2, -0.15) is 0 Å². The Labute approximate surface area is 125 Å². The molecule has 0 spiro atoms. The Bertz CT molecular complexity index is 595. The highest BCUT2D eigenvalue weighted by atomic mass is 79.9. The fourth-order valence-electron chi connectivity index (χ4n) is 2.31. The van der Waals surface area contributed by atoms with Crippen molar-refractivity contribution in [1.82, 2.24) is 0 Å². The lowest BCUT2D eigenvalue weighted by molar-refractivity contribution is 0.421. The van der Waals surface area contributed by atoms with Crippen LogP contribution in [0.3, 0.4) is 0 Å². The van der Waals surface area contributed by atoms with Crippen molar-refractivity contribution in [2.75, 3.05) is 0 Å². The predicted molar refractivity (Wildman–Crippen MR) is 80.4 cm³/mol. The van der Waals surface area contributed by atoms with E-state index in [4.69, 9.17) is 5.73 Å². The standard InChI is InChI=1S/C16H16BrF2N/c1-2-16(20,12-4-3-5-14(18)8-12)10-11-6-13(17)9-15(19)7-11/h3-9H,2,10,20H2,1H3. The van der Waals surface area contributed by atoms with Gasteiger partial charge in [0.1, 0.15) is 11.6 Å². The van der Waals surface area contributed by atoms with Crippen molar-refractivity contribution in [2.45, 2.75) is 25.3 Å². The molecule has 0 aliphatic rings. The van der Waals surface area contributed by atoms with Crippen molar-refractivity contribution in [1.29, 1.82) is 0 Å². The van der Waals surface area contributed by atoms with Gasteiger partial charge < -0.3 is 5.73 Å². The summed E-state index contributed by atoms with van der Waals surface area (Å²) < 4.78 is 27.5. The Balaban J connectivity index is 2.36. The summed E-state index contributed by atoms with van der Waals surface area (Å²) in [4.78, 5) is 0. The minimum absolute atomic E-state index is 0.313. The molecule has 0 heterocycles. The van der Waals surface area contributed by atoms with Crippen LogP contribution in [0.1, 0.15) is 24.5 Å². The number of benzene rings is 2. The molecule has 1 nitrogen and oxygen atoms in total. The van der Waals surface area contributed by atoms with Crippen LogP contribution in [0.4, 0.5) is 8.78 Å². The summed E-state index contributed by atoms with van der Waals surface area (Å²) in [5.74, 6) is -0.627. The molecule has 0 aromatic heterocycles. The third kappa shape index (κ3) is 3.44. The van der Waals surface area contributed by atoms with E-state index in [1.165, 1.54) is 24.3 Å². The van der Waals surface area contributed by atoms with Gasteiger partial charge in [0.15, 0.2) is 0 Å². The maximum absolute atomic E-state index is 13.4. The number of rotatable bonds is 4. The van der Waals surface area contributed by atoms with Gasteiger partial charge in [-0.25, -0.2) is 8.78 Å². The Morgan fingerprint density at radius 1 is 1.10 bits per heavy atom. The monoisotopic (exact) mass is 339 g/mol. The van der Waals surface area contributed by atoms with E-state index in [-0.39, 0.29) is 11.6 Å². The molecule has 0 amide bonds. The number of nitrogens with two attached hydrogens (primary N) is 1. The van der Waals surface area contributed by atoms with E-state index < -0.39 is 5.54 Å². The zero-order valence-corrected chi connectivity index (χ0v) is 12.8. The van der Waals surface area contributed by atoms with Gasteiger partial charge in [-0.05, 0) is 54.3 Å². The molecule has 2 aromatic carbocycles. The molecule has 0 saturated carbocycles. The zero-order chi connectivity index (χ0) is 14.8. The van der Waals surface area contributed by atoms with E-state index in [1.54, 1.807) is 12.1 Å². The van der Waals surface area contributed by atoms with Crippen LogP contribution in [0.2, 0.25) is 0 Å². The maximum atomic E-state index is 13.4. The minimum atomic E-state index is -0.713. The minimum Gasteiger partial charge on any atom is -0.321 e. The number of hydrogen-bond donors (Lipinski definition) is 1. The van der Waals surface area contributed by atoms with Gasteiger partial charge in [-0.3, -0.25) is 0 Å². The first-order chi connectivity index (χ1) is 9.43. The fourth-order valence-corrected chi connectivity index (χ4v) is 2.82. The van der Waals surface area contributed by atoms with Crippen LogP contribution in [0.5, 0.6) is 0 Å². The van der Waals surface area contributed by atoms with Crippen molar-refractivity contribution in [3.8, 4) is 0 Å².